The minimum Gasteiger partial charge on any atom is -0.482 e. The van der Waals surface area contributed by atoms with Gasteiger partial charge in [0.2, 0.25) is 5.88 Å². The van der Waals surface area contributed by atoms with Gasteiger partial charge in [-0.1, -0.05) is 29.8 Å². The van der Waals surface area contributed by atoms with Crippen molar-refractivity contribution < 1.29 is 23.9 Å². The van der Waals surface area contributed by atoms with E-state index in [0.29, 0.717) is 10.6 Å². The number of esters is 1. The van der Waals surface area contributed by atoms with Crippen LogP contribution in [0.15, 0.2) is 65.3 Å². The number of nitro benzene ring substituents is 1. The van der Waals surface area contributed by atoms with E-state index in [4.69, 9.17) is 31.5 Å². The van der Waals surface area contributed by atoms with E-state index < -0.39 is 16.8 Å². The largest absolute Gasteiger partial charge is 0.482 e. The highest BCUT2D eigenvalue weighted by molar-refractivity contribution is 6.30. The Balaban J connectivity index is 2.02. The van der Waals surface area contributed by atoms with Gasteiger partial charge in [-0.2, -0.15) is 5.26 Å². The molecule has 0 aliphatic carbocycles. The number of nitriles is 1. The van der Waals surface area contributed by atoms with Crippen LogP contribution in [-0.4, -0.2) is 17.5 Å². The molecule has 0 saturated carbocycles. The summed E-state index contributed by atoms with van der Waals surface area (Å²) in [6.07, 6.45) is 0. The van der Waals surface area contributed by atoms with Crippen molar-refractivity contribution >= 4 is 23.3 Å². The number of ether oxygens (including phenoxy) is 3. The van der Waals surface area contributed by atoms with Gasteiger partial charge in [-0.05, 0) is 43.2 Å². The van der Waals surface area contributed by atoms with Crippen LogP contribution in [0.2, 0.25) is 5.02 Å². The number of nitrogens with zero attached hydrogens (tertiary/aromatic N) is 2. The van der Waals surface area contributed by atoms with Crippen molar-refractivity contribution in [2.45, 2.75) is 26.4 Å². The summed E-state index contributed by atoms with van der Waals surface area (Å²) >= 11 is 5.87. The van der Waals surface area contributed by atoms with Crippen molar-refractivity contribution in [1.29, 1.82) is 5.26 Å². The van der Waals surface area contributed by atoms with E-state index in [0.717, 1.165) is 5.56 Å². The summed E-state index contributed by atoms with van der Waals surface area (Å²) in [5.74, 6) is -1.70. The van der Waals surface area contributed by atoms with E-state index in [-0.39, 0.29) is 47.4 Å². The van der Waals surface area contributed by atoms with Gasteiger partial charge in [0.1, 0.15) is 24.0 Å². The molecule has 1 aliphatic heterocycles. The van der Waals surface area contributed by atoms with Crippen molar-refractivity contribution in [3.05, 3.63) is 91.5 Å². The summed E-state index contributed by atoms with van der Waals surface area (Å²) in [5, 5.41) is 22.0. The third-order valence-corrected chi connectivity index (χ3v) is 5.17. The summed E-state index contributed by atoms with van der Waals surface area (Å²) in [4.78, 5) is 23.8. The Bertz CT molecular complexity index is 1200. The van der Waals surface area contributed by atoms with Crippen LogP contribution in [0.3, 0.4) is 0 Å². The van der Waals surface area contributed by atoms with Crippen LogP contribution >= 0.6 is 11.6 Å². The second-order valence-corrected chi connectivity index (χ2v) is 7.45. The Morgan fingerprint density at radius 1 is 1.30 bits per heavy atom. The quantitative estimate of drug-likeness (QED) is 0.356. The summed E-state index contributed by atoms with van der Waals surface area (Å²) in [5.41, 5.74) is 6.61. The first-order valence-corrected chi connectivity index (χ1v) is 10.3. The molecule has 0 amide bonds. The molecule has 0 bridgehead atoms. The van der Waals surface area contributed by atoms with E-state index in [2.05, 4.69) is 0 Å². The highest BCUT2D eigenvalue weighted by Crippen LogP contribution is 2.42. The summed E-state index contributed by atoms with van der Waals surface area (Å²) in [6, 6.07) is 13.0. The minimum atomic E-state index is -0.994. The average molecular weight is 470 g/mol. The monoisotopic (exact) mass is 469 g/mol. The van der Waals surface area contributed by atoms with Gasteiger partial charge in [0.25, 0.3) is 0 Å². The lowest BCUT2D eigenvalue weighted by Gasteiger charge is -2.26. The summed E-state index contributed by atoms with van der Waals surface area (Å²) < 4.78 is 16.1. The Kier molecular flexibility index (Phi) is 7.20. The molecule has 0 fully saturated rings. The lowest BCUT2D eigenvalue weighted by molar-refractivity contribution is -0.386. The van der Waals surface area contributed by atoms with Crippen molar-refractivity contribution in [3.8, 4) is 11.8 Å². The lowest BCUT2D eigenvalue weighted by Crippen LogP contribution is -2.25. The van der Waals surface area contributed by atoms with Crippen LogP contribution in [0.4, 0.5) is 5.69 Å². The smallest absolute Gasteiger partial charge is 0.338 e. The van der Waals surface area contributed by atoms with Crippen LogP contribution in [0.1, 0.15) is 30.9 Å². The highest BCUT2D eigenvalue weighted by Gasteiger charge is 2.37. The van der Waals surface area contributed by atoms with Gasteiger partial charge in [0, 0.05) is 11.1 Å². The van der Waals surface area contributed by atoms with E-state index in [1.165, 1.54) is 25.1 Å². The molecule has 9 nitrogen and oxygen atoms in total. The molecule has 33 heavy (non-hydrogen) atoms. The molecular formula is C23H20ClN3O6. The van der Waals surface area contributed by atoms with E-state index in [1.54, 1.807) is 31.2 Å². The molecule has 2 N–H and O–H groups in total. The van der Waals surface area contributed by atoms with E-state index in [9.17, 15) is 20.2 Å². The first-order chi connectivity index (χ1) is 15.8. The maximum Gasteiger partial charge on any atom is 0.338 e. The first kappa shape index (κ1) is 23.6. The topological polar surface area (TPSA) is 138 Å². The molecule has 1 aliphatic rings. The zero-order chi connectivity index (χ0) is 24.1. The fourth-order valence-electron chi connectivity index (χ4n) is 3.41. The Morgan fingerprint density at radius 2 is 2.00 bits per heavy atom. The third kappa shape index (κ3) is 5.07. The Labute approximate surface area is 194 Å². The molecule has 2 aromatic carbocycles. The van der Waals surface area contributed by atoms with Gasteiger partial charge in [0.15, 0.2) is 5.75 Å². The average Bonchev–Trinajstić information content (AvgIpc) is 2.78. The van der Waals surface area contributed by atoms with Crippen LogP contribution in [0, 0.1) is 21.4 Å². The summed E-state index contributed by atoms with van der Waals surface area (Å²) in [6.45, 7) is 3.33. The molecule has 0 unspecified atom stereocenters. The Morgan fingerprint density at radius 3 is 2.61 bits per heavy atom. The number of nitro groups is 1. The molecule has 1 heterocycles. The number of hydrogen-bond acceptors (Lipinski definition) is 8. The van der Waals surface area contributed by atoms with Gasteiger partial charge >= 0.3 is 11.7 Å². The number of benzene rings is 2. The van der Waals surface area contributed by atoms with Gasteiger partial charge in [0.05, 0.1) is 23.0 Å². The maximum absolute atomic E-state index is 12.6. The third-order valence-electron chi connectivity index (χ3n) is 4.92. The van der Waals surface area contributed by atoms with Gasteiger partial charge in [-0.15, -0.1) is 0 Å². The van der Waals surface area contributed by atoms with Crippen LogP contribution in [0.5, 0.6) is 5.75 Å². The number of nitrogens with two attached hydrogens (primary N) is 1. The first-order valence-electron chi connectivity index (χ1n) is 9.87. The van der Waals surface area contributed by atoms with Crippen LogP contribution in [-0.2, 0) is 20.9 Å². The number of carbonyl (C=O) groups excluding carboxylic acids is 1. The number of carbonyl (C=O) groups is 1. The minimum absolute atomic E-state index is 0.0274. The van der Waals surface area contributed by atoms with Crippen molar-refractivity contribution in [1.82, 2.24) is 0 Å². The highest BCUT2D eigenvalue weighted by atomic mass is 35.5. The molecule has 0 aromatic heterocycles. The SMILES string of the molecule is CCOC(=O)C1=C(C)OC(N)=C(C#N)[C@@H]1c1ccc(OCc2ccc(Cl)cc2)c([N+](=O)[O-])c1. The van der Waals surface area contributed by atoms with Crippen LogP contribution < -0.4 is 10.5 Å². The molecule has 0 spiro atoms. The molecule has 3 rings (SSSR count). The Hall–Kier alpha value is -4.03. The van der Waals surface area contributed by atoms with E-state index >= 15 is 0 Å². The predicted molar refractivity (Wildman–Crippen MR) is 119 cm³/mol. The van der Waals surface area contributed by atoms with Crippen molar-refractivity contribution in [2.75, 3.05) is 6.61 Å². The normalized spacial score (nSPS) is 15.5. The fraction of sp³-hybridized carbons (Fsp3) is 0.217. The van der Waals surface area contributed by atoms with E-state index in [1.807, 2.05) is 6.07 Å². The second kappa shape index (κ2) is 10.1. The number of hydrogen-bond donors (Lipinski definition) is 1. The molecule has 10 heteroatoms. The fourth-order valence-corrected chi connectivity index (χ4v) is 3.53. The molecular weight excluding hydrogens is 450 g/mol. The molecule has 2 aromatic rings. The second-order valence-electron chi connectivity index (χ2n) is 7.01. The van der Waals surface area contributed by atoms with Crippen molar-refractivity contribution in [2.24, 2.45) is 5.73 Å². The zero-order valence-electron chi connectivity index (χ0n) is 17.8. The maximum atomic E-state index is 12.6. The number of allylic oxidation sites excluding steroid dienone is 2. The molecule has 0 saturated heterocycles. The standard InChI is InChI=1S/C23H20ClN3O6/c1-3-31-23(28)20-13(2)33-22(26)17(11-25)21(20)15-6-9-19(18(10-15)27(29)30)32-12-14-4-7-16(24)8-5-14/h4-10,21H,3,12,26H2,1-2H3/t21-/m0/s1. The molecule has 1 atom stereocenters. The van der Waals surface area contributed by atoms with Crippen molar-refractivity contribution in [3.63, 3.8) is 0 Å². The van der Waals surface area contributed by atoms with Gasteiger partial charge in [-0.3, -0.25) is 10.1 Å². The summed E-state index contributed by atoms with van der Waals surface area (Å²) in [7, 11) is 0. The van der Waals surface area contributed by atoms with Gasteiger partial charge in [-0.25, -0.2) is 4.79 Å². The predicted octanol–water partition coefficient (Wildman–Crippen LogP) is 4.47. The lowest BCUT2D eigenvalue weighted by atomic mass is 9.83. The molecule has 0 radical (unpaired) electrons. The number of rotatable bonds is 7. The molecule has 170 valence electrons. The number of halogens is 1. The zero-order valence-corrected chi connectivity index (χ0v) is 18.6. The van der Waals surface area contributed by atoms with Gasteiger partial charge < -0.3 is 19.9 Å². The van der Waals surface area contributed by atoms with Crippen LogP contribution in [0.25, 0.3) is 0 Å².